The van der Waals surface area contributed by atoms with E-state index in [4.69, 9.17) is 0 Å². The molecule has 29 heavy (non-hydrogen) atoms. The first kappa shape index (κ1) is 21.1. The van der Waals surface area contributed by atoms with Gasteiger partial charge in [0.05, 0.1) is 5.52 Å². The van der Waals surface area contributed by atoms with Crippen molar-refractivity contribution < 1.29 is 9.59 Å². The first-order valence-corrected chi connectivity index (χ1v) is 10.7. The number of amides is 2. The van der Waals surface area contributed by atoms with Gasteiger partial charge in [-0.05, 0) is 51.7 Å². The number of fused-ring (bicyclic) bond motifs is 1. The van der Waals surface area contributed by atoms with Gasteiger partial charge in [-0.1, -0.05) is 6.92 Å². The van der Waals surface area contributed by atoms with E-state index in [-0.39, 0.29) is 30.3 Å². The monoisotopic (exact) mass is 401 g/mol. The van der Waals surface area contributed by atoms with Crippen molar-refractivity contribution in [3.05, 3.63) is 22.6 Å². The summed E-state index contributed by atoms with van der Waals surface area (Å²) in [6.45, 7) is 7.78. The fourth-order valence-corrected chi connectivity index (χ4v) is 4.17. The number of pyridine rings is 1. The average Bonchev–Trinajstić information content (AvgIpc) is 3.01. The molecule has 158 valence electrons. The van der Waals surface area contributed by atoms with Gasteiger partial charge in [-0.2, -0.15) is 0 Å². The van der Waals surface area contributed by atoms with Crippen LogP contribution in [0.1, 0.15) is 59.3 Å². The Morgan fingerprint density at radius 3 is 2.55 bits per heavy atom. The molecule has 1 saturated heterocycles. The van der Waals surface area contributed by atoms with Crippen LogP contribution in [-0.2, 0) is 22.7 Å². The summed E-state index contributed by atoms with van der Waals surface area (Å²) in [5, 5.41) is 2.77. The van der Waals surface area contributed by atoms with E-state index in [0.717, 1.165) is 31.3 Å². The lowest BCUT2D eigenvalue weighted by Gasteiger charge is -2.35. The molecule has 1 aliphatic heterocycles. The Morgan fingerprint density at radius 1 is 1.10 bits per heavy atom. The summed E-state index contributed by atoms with van der Waals surface area (Å²) in [4.78, 5) is 43.8. The van der Waals surface area contributed by atoms with Gasteiger partial charge in [0, 0.05) is 38.5 Å². The minimum absolute atomic E-state index is 0.0509. The van der Waals surface area contributed by atoms with Crippen molar-refractivity contribution >= 4 is 28.8 Å². The van der Waals surface area contributed by atoms with Gasteiger partial charge in [-0.25, -0.2) is 9.78 Å². The quantitative estimate of drug-likeness (QED) is 0.773. The maximum absolute atomic E-state index is 12.5. The Hall–Kier alpha value is -2.64. The molecule has 0 bridgehead atoms. The summed E-state index contributed by atoms with van der Waals surface area (Å²) in [5.74, 6) is 0.209. The molecule has 2 amide bonds. The number of piperidine rings is 1. The van der Waals surface area contributed by atoms with Crippen molar-refractivity contribution in [1.82, 2.24) is 19.0 Å². The van der Waals surface area contributed by atoms with Gasteiger partial charge >= 0.3 is 5.69 Å². The number of rotatable bonds is 7. The third kappa shape index (κ3) is 4.36. The highest BCUT2D eigenvalue weighted by Crippen LogP contribution is 2.21. The third-order valence-corrected chi connectivity index (χ3v) is 5.75. The SMILES string of the molecule is CCC1CCCCN1C(=O)CCC(=O)Nc1ccc2c(n1)n(CC)c(=O)n2CC. The van der Waals surface area contributed by atoms with Crippen LogP contribution in [0.3, 0.4) is 0 Å². The van der Waals surface area contributed by atoms with Crippen LogP contribution in [0.15, 0.2) is 16.9 Å². The van der Waals surface area contributed by atoms with Gasteiger partial charge in [0.15, 0.2) is 5.65 Å². The smallest absolute Gasteiger partial charge is 0.330 e. The van der Waals surface area contributed by atoms with E-state index in [9.17, 15) is 14.4 Å². The molecule has 3 heterocycles. The number of aryl methyl sites for hydroxylation is 2. The molecule has 1 N–H and O–H groups in total. The van der Waals surface area contributed by atoms with Crippen molar-refractivity contribution in [3.63, 3.8) is 0 Å². The maximum atomic E-state index is 12.5. The largest absolute Gasteiger partial charge is 0.340 e. The molecule has 2 aromatic heterocycles. The minimum atomic E-state index is -0.240. The van der Waals surface area contributed by atoms with E-state index >= 15 is 0 Å². The van der Waals surface area contributed by atoms with E-state index in [1.807, 2.05) is 18.7 Å². The molecular formula is C21H31N5O3. The zero-order valence-electron chi connectivity index (χ0n) is 17.6. The number of nitrogens with zero attached hydrogens (tertiary/aromatic N) is 4. The van der Waals surface area contributed by atoms with E-state index < -0.39 is 0 Å². The van der Waals surface area contributed by atoms with Gasteiger partial charge in [0.1, 0.15) is 5.82 Å². The molecule has 8 nitrogen and oxygen atoms in total. The number of hydrogen-bond donors (Lipinski definition) is 1. The van der Waals surface area contributed by atoms with Crippen molar-refractivity contribution in [2.75, 3.05) is 11.9 Å². The summed E-state index contributed by atoms with van der Waals surface area (Å²) >= 11 is 0. The topological polar surface area (TPSA) is 89.2 Å². The Balaban J connectivity index is 1.65. The number of carbonyl (C=O) groups is 2. The van der Waals surface area contributed by atoms with Gasteiger partial charge in [0.25, 0.3) is 0 Å². The van der Waals surface area contributed by atoms with Crippen molar-refractivity contribution in [2.24, 2.45) is 0 Å². The molecule has 0 spiro atoms. The number of anilines is 1. The number of aromatic nitrogens is 3. The second-order valence-electron chi connectivity index (χ2n) is 7.50. The van der Waals surface area contributed by atoms with Gasteiger partial charge in [-0.3, -0.25) is 18.7 Å². The van der Waals surface area contributed by atoms with Crippen LogP contribution < -0.4 is 11.0 Å². The van der Waals surface area contributed by atoms with Crippen LogP contribution in [0.4, 0.5) is 5.82 Å². The maximum Gasteiger partial charge on any atom is 0.330 e. The Labute approximate surface area is 170 Å². The molecule has 0 aliphatic carbocycles. The molecule has 1 fully saturated rings. The number of imidazole rings is 1. The summed E-state index contributed by atoms with van der Waals surface area (Å²) in [7, 11) is 0. The lowest BCUT2D eigenvalue weighted by molar-refractivity contribution is -0.136. The molecule has 1 unspecified atom stereocenters. The van der Waals surface area contributed by atoms with Crippen molar-refractivity contribution in [2.45, 2.75) is 78.4 Å². The van der Waals surface area contributed by atoms with E-state index in [1.54, 1.807) is 21.3 Å². The lowest BCUT2D eigenvalue weighted by Crippen LogP contribution is -2.43. The normalized spacial score (nSPS) is 16.9. The van der Waals surface area contributed by atoms with Gasteiger partial charge < -0.3 is 10.2 Å². The first-order valence-electron chi connectivity index (χ1n) is 10.7. The van der Waals surface area contributed by atoms with E-state index in [2.05, 4.69) is 17.2 Å². The second kappa shape index (κ2) is 9.24. The predicted octanol–water partition coefficient (Wildman–Crippen LogP) is 2.75. The van der Waals surface area contributed by atoms with Crippen LogP contribution in [0.25, 0.3) is 11.2 Å². The minimum Gasteiger partial charge on any atom is -0.340 e. The third-order valence-electron chi connectivity index (χ3n) is 5.75. The molecule has 0 saturated carbocycles. The Morgan fingerprint density at radius 2 is 1.86 bits per heavy atom. The molecule has 3 rings (SSSR count). The highest BCUT2D eigenvalue weighted by atomic mass is 16.2. The Bertz CT molecular complexity index is 946. The fourth-order valence-electron chi connectivity index (χ4n) is 4.17. The summed E-state index contributed by atoms with van der Waals surface area (Å²) in [6, 6.07) is 3.81. The second-order valence-corrected chi connectivity index (χ2v) is 7.50. The highest BCUT2D eigenvalue weighted by Gasteiger charge is 2.25. The molecule has 8 heteroatoms. The van der Waals surface area contributed by atoms with Crippen LogP contribution in [-0.4, -0.2) is 43.4 Å². The first-order chi connectivity index (χ1) is 14.0. The molecule has 0 radical (unpaired) electrons. The summed E-state index contributed by atoms with van der Waals surface area (Å²) in [6.07, 6.45) is 4.54. The number of hydrogen-bond acceptors (Lipinski definition) is 4. The lowest BCUT2D eigenvalue weighted by atomic mass is 9.99. The highest BCUT2D eigenvalue weighted by molar-refractivity contribution is 5.93. The molecule has 0 aromatic carbocycles. The Kier molecular flexibility index (Phi) is 6.71. The van der Waals surface area contributed by atoms with Gasteiger partial charge in [0.2, 0.25) is 11.8 Å². The van der Waals surface area contributed by atoms with Crippen molar-refractivity contribution in [3.8, 4) is 0 Å². The predicted molar refractivity (Wildman–Crippen MR) is 113 cm³/mol. The van der Waals surface area contributed by atoms with Crippen LogP contribution in [0.2, 0.25) is 0 Å². The number of nitrogens with one attached hydrogen (secondary N) is 1. The summed E-state index contributed by atoms with van der Waals surface area (Å²) in [5.41, 5.74) is 1.22. The zero-order chi connectivity index (χ0) is 21.0. The average molecular weight is 402 g/mol. The van der Waals surface area contributed by atoms with Crippen LogP contribution in [0, 0.1) is 0 Å². The molecular weight excluding hydrogens is 370 g/mol. The standard InChI is InChI=1S/C21H31N5O3/c1-4-15-9-7-8-14-26(15)19(28)13-12-18(27)22-17-11-10-16-20(23-17)25(6-3)21(29)24(16)5-2/h10-11,15H,4-9,12-14H2,1-3H3,(H,22,23,27). The molecule has 2 aromatic rings. The zero-order valence-corrected chi connectivity index (χ0v) is 17.6. The van der Waals surface area contributed by atoms with Crippen LogP contribution in [0.5, 0.6) is 0 Å². The number of likely N-dealkylation sites (tertiary alicyclic amines) is 1. The molecule has 1 atom stereocenters. The van der Waals surface area contributed by atoms with Crippen LogP contribution >= 0.6 is 0 Å². The van der Waals surface area contributed by atoms with E-state index in [1.165, 1.54) is 6.42 Å². The summed E-state index contributed by atoms with van der Waals surface area (Å²) < 4.78 is 3.26. The fraction of sp³-hybridized carbons (Fsp3) is 0.619. The van der Waals surface area contributed by atoms with E-state index in [0.29, 0.717) is 30.6 Å². The van der Waals surface area contributed by atoms with Crippen molar-refractivity contribution in [1.29, 1.82) is 0 Å². The number of carbonyl (C=O) groups excluding carboxylic acids is 2. The van der Waals surface area contributed by atoms with Gasteiger partial charge in [-0.15, -0.1) is 0 Å². The molecule has 1 aliphatic rings.